The van der Waals surface area contributed by atoms with Crippen LogP contribution in [0.2, 0.25) is 0 Å². The quantitative estimate of drug-likeness (QED) is 0.556. The molecule has 0 amide bonds. The van der Waals surface area contributed by atoms with Crippen LogP contribution in [0.15, 0.2) is 36.4 Å². The van der Waals surface area contributed by atoms with Crippen LogP contribution in [0.1, 0.15) is 60.7 Å². The minimum Gasteiger partial charge on any atom is -0.478 e. The molecule has 1 heterocycles. The first-order valence-corrected chi connectivity index (χ1v) is 10.4. The van der Waals surface area contributed by atoms with Gasteiger partial charge in [-0.1, -0.05) is 47.5 Å². The molecule has 158 valence electrons. The Morgan fingerprint density at radius 3 is 2.10 bits per heavy atom. The summed E-state index contributed by atoms with van der Waals surface area (Å²) in [6.07, 6.45) is 0. The molecule has 0 unspecified atom stereocenters. The summed E-state index contributed by atoms with van der Waals surface area (Å²) < 4.78 is 2.12. The van der Waals surface area contributed by atoms with Crippen LogP contribution >= 0.6 is 0 Å². The molecule has 0 spiro atoms. The highest BCUT2D eigenvalue weighted by Crippen LogP contribution is 2.25. The molecule has 3 aromatic rings. The SMILES string of the molecule is Cc1cccc(Cn2c(C)c(CNCc3c(C)cc(C)cc3C)c(C(=O)O)c2C)c1. The zero-order valence-corrected chi connectivity index (χ0v) is 18.9. The second-order valence-electron chi connectivity index (χ2n) is 8.39. The molecule has 0 bridgehead atoms. The molecule has 0 fully saturated rings. The molecule has 4 nitrogen and oxygen atoms in total. The van der Waals surface area contributed by atoms with E-state index in [0.29, 0.717) is 18.7 Å². The molecule has 0 radical (unpaired) electrons. The fraction of sp³-hybridized carbons (Fsp3) is 0.346. The fourth-order valence-corrected chi connectivity index (χ4v) is 4.48. The number of rotatable bonds is 7. The van der Waals surface area contributed by atoms with Crippen LogP contribution in [0.25, 0.3) is 0 Å². The van der Waals surface area contributed by atoms with Crippen molar-refractivity contribution < 1.29 is 9.90 Å². The number of hydrogen-bond donors (Lipinski definition) is 2. The first kappa shape index (κ1) is 21.8. The van der Waals surface area contributed by atoms with E-state index in [0.717, 1.165) is 23.5 Å². The topological polar surface area (TPSA) is 54.3 Å². The normalized spacial score (nSPS) is 11.1. The first-order chi connectivity index (χ1) is 14.2. The average molecular weight is 405 g/mol. The third-order valence-corrected chi connectivity index (χ3v) is 5.99. The van der Waals surface area contributed by atoms with E-state index in [1.54, 1.807) is 0 Å². The van der Waals surface area contributed by atoms with Gasteiger partial charge < -0.3 is 15.0 Å². The van der Waals surface area contributed by atoms with Crippen molar-refractivity contribution in [2.45, 2.75) is 61.2 Å². The van der Waals surface area contributed by atoms with E-state index in [2.05, 4.69) is 67.9 Å². The number of carbonyl (C=O) groups is 1. The zero-order valence-electron chi connectivity index (χ0n) is 18.9. The van der Waals surface area contributed by atoms with Crippen molar-refractivity contribution in [2.24, 2.45) is 0 Å². The smallest absolute Gasteiger partial charge is 0.337 e. The number of aryl methyl sites for hydroxylation is 4. The molecular weight excluding hydrogens is 372 g/mol. The van der Waals surface area contributed by atoms with Gasteiger partial charge in [0.05, 0.1) is 5.56 Å². The number of nitrogens with one attached hydrogen (secondary N) is 1. The molecule has 4 heteroatoms. The van der Waals surface area contributed by atoms with Gasteiger partial charge in [-0.2, -0.15) is 0 Å². The number of benzene rings is 2. The van der Waals surface area contributed by atoms with Crippen LogP contribution in [0, 0.1) is 41.5 Å². The molecule has 0 aliphatic carbocycles. The van der Waals surface area contributed by atoms with Gasteiger partial charge in [0.1, 0.15) is 0 Å². The van der Waals surface area contributed by atoms with Crippen LogP contribution < -0.4 is 5.32 Å². The van der Waals surface area contributed by atoms with Gasteiger partial charge in [0.15, 0.2) is 0 Å². The lowest BCUT2D eigenvalue weighted by atomic mass is 9.99. The zero-order chi connectivity index (χ0) is 22.0. The Balaban J connectivity index is 1.86. The predicted octanol–water partition coefficient (Wildman–Crippen LogP) is 5.37. The average Bonchev–Trinajstić information content (AvgIpc) is 2.88. The van der Waals surface area contributed by atoms with Crippen molar-refractivity contribution in [1.29, 1.82) is 0 Å². The Morgan fingerprint density at radius 2 is 1.50 bits per heavy atom. The monoisotopic (exact) mass is 404 g/mol. The largest absolute Gasteiger partial charge is 0.478 e. The van der Waals surface area contributed by atoms with Crippen molar-refractivity contribution in [1.82, 2.24) is 9.88 Å². The van der Waals surface area contributed by atoms with Gasteiger partial charge in [-0.25, -0.2) is 4.79 Å². The number of carboxylic acids is 1. The maximum atomic E-state index is 12.1. The maximum absolute atomic E-state index is 12.1. The van der Waals surface area contributed by atoms with Gasteiger partial charge in [0.25, 0.3) is 0 Å². The minimum atomic E-state index is -0.863. The Hall–Kier alpha value is -2.85. The van der Waals surface area contributed by atoms with Crippen molar-refractivity contribution in [2.75, 3.05) is 0 Å². The maximum Gasteiger partial charge on any atom is 0.337 e. The second-order valence-corrected chi connectivity index (χ2v) is 8.39. The van der Waals surface area contributed by atoms with E-state index in [4.69, 9.17) is 0 Å². The molecule has 0 atom stereocenters. The van der Waals surface area contributed by atoms with Gasteiger partial charge in [-0.15, -0.1) is 0 Å². The summed E-state index contributed by atoms with van der Waals surface area (Å²) in [5.74, 6) is -0.863. The Bertz CT molecular complexity index is 1070. The molecule has 0 aliphatic rings. The van der Waals surface area contributed by atoms with E-state index < -0.39 is 5.97 Å². The highest BCUT2D eigenvalue weighted by molar-refractivity contribution is 5.91. The molecule has 30 heavy (non-hydrogen) atoms. The van der Waals surface area contributed by atoms with Crippen LogP contribution in [0.5, 0.6) is 0 Å². The Morgan fingerprint density at radius 1 is 0.867 bits per heavy atom. The Kier molecular flexibility index (Phi) is 6.47. The minimum absolute atomic E-state index is 0.421. The number of aromatic nitrogens is 1. The molecule has 0 saturated carbocycles. The number of nitrogens with zero attached hydrogens (tertiary/aromatic N) is 1. The van der Waals surface area contributed by atoms with E-state index in [1.165, 1.54) is 33.4 Å². The van der Waals surface area contributed by atoms with E-state index in [1.807, 2.05) is 19.9 Å². The molecule has 2 aromatic carbocycles. The first-order valence-electron chi connectivity index (χ1n) is 10.4. The van der Waals surface area contributed by atoms with E-state index >= 15 is 0 Å². The van der Waals surface area contributed by atoms with Crippen molar-refractivity contribution in [3.63, 3.8) is 0 Å². The van der Waals surface area contributed by atoms with E-state index in [9.17, 15) is 9.90 Å². The fourth-order valence-electron chi connectivity index (χ4n) is 4.48. The molecule has 2 N–H and O–H groups in total. The van der Waals surface area contributed by atoms with Gasteiger partial charge >= 0.3 is 5.97 Å². The van der Waals surface area contributed by atoms with Crippen molar-refractivity contribution >= 4 is 5.97 Å². The summed E-state index contributed by atoms with van der Waals surface area (Å²) >= 11 is 0. The summed E-state index contributed by atoms with van der Waals surface area (Å²) in [7, 11) is 0. The highest BCUT2D eigenvalue weighted by atomic mass is 16.4. The summed E-state index contributed by atoms with van der Waals surface area (Å²) in [6.45, 7) is 14.3. The Labute approximate surface area is 179 Å². The standard InChI is InChI=1S/C26H32N2O2/c1-16-8-7-9-22(12-16)15-28-20(5)24(25(21(28)6)26(29)30)14-27-13-23-18(3)10-17(2)11-19(23)4/h7-12,27H,13-15H2,1-6H3,(H,29,30). The summed E-state index contributed by atoms with van der Waals surface area (Å²) in [4.78, 5) is 12.1. The molecule has 1 aromatic heterocycles. The third kappa shape index (κ3) is 4.49. The highest BCUT2D eigenvalue weighted by Gasteiger charge is 2.22. The lowest BCUT2D eigenvalue weighted by Crippen LogP contribution is -2.17. The molecule has 0 aliphatic heterocycles. The van der Waals surface area contributed by atoms with Crippen molar-refractivity contribution in [3.8, 4) is 0 Å². The summed E-state index contributed by atoms with van der Waals surface area (Å²) in [6, 6.07) is 12.8. The van der Waals surface area contributed by atoms with Gasteiger partial charge in [0, 0.05) is 36.6 Å². The van der Waals surface area contributed by atoms with Gasteiger partial charge in [-0.05, 0) is 63.8 Å². The van der Waals surface area contributed by atoms with Crippen LogP contribution in [0.3, 0.4) is 0 Å². The number of aromatic carboxylic acids is 1. The van der Waals surface area contributed by atoms with Crippen LogP contribution in [-0.2, 0) is 19.6 Å². The lowest BCUT2D eigenvalue weighted by molar-refractivity contribution is 0.0694. The summed E-state index contributed by atoms with van der Waals surface area (Å²) in [5, 5.41) is 13.4. The van der Waals surface area contributed by atoms with Crippen molar-refractivity contribution in [3.05, 3.63) is 92.3 Å². The third-order valence-electron chi connectivity index (χ3n) is 5.99. The van der Waals surface area contributed by atoms with Crippen LogP contribution in [0.4, 0.5) is 0 Å². The second kappa shape index (κ2) is 8.88. The molecule has 3 rings (SSSR count). The van der Waals surface area contributed by atoms with Gasteiger partial charge in [-0.3, -0.25) is 0 Å². The van der Waals surface area contributed by atoms with E-state index in [-0.39, 0.29) is 0 Å². The number of carboxylic acid groups (broad SMARTS) is 1. The number of hydrogen-bond acceptors (Lipinski definition) is 2. The summed E-state index contributed by atoms with van der Waals surface area (Å²) in [5.41, 5.74) is 10.6. The molecular formula is C26H32N2O2. The van der Waals surface area contributed by atoms with Gasteiger partial charge in [0.2, 0.25) is 0 Å². The molecule has 0 saturated heterocycles. The van der Waals surface area contributed by atoms with Crippen LogP contribution in [-0.4, -0.2) is 15.6 Å². The lowest BCUT2D eigenvalue weighted by Gasteiger charge is -2.13. The predicted molar refractivity (Wildman–Crippen MR) is 122 cm³/mol.